The predicted octanol–water partition coefficient (Wildman–Crippen LogP) is 4.31. The van der Waals surface area contributed by atoms with Crippen molar-refractivity contribution in [3.8, 4) is 11.5 Å². The normalized spacial score (nSPS) is 22.5. The van der Waals surface area contributed by atoms with Crippen LogP contribution in [0.3, 0.4) is 0 Å². The zero-order chi connectivity index (χ0) is 25.9. The second-order valence-electron chi connectivity index (χ2n) is 9.40. The number of para-hydroxylation sites is 1. The van der Waals surface area contributed by atoms with Crippen LogP contribution in [-0.2, 0) is 9.53 Å². The summed E-state index contributed by atoms with van der Waals surface area (Å²) < 4.78 is 16.3. The van der Waals surface area contributed by atoms with Gasteiger partial charge < -0.3 is 19.1 Å². The first-order chi connectivity index (χ1) is 18.0. The molecular weight excluding hydrogens is 470 g/mol. The van der Waals surface area contributed by atoms with Crippen LogP contribution in [0.25, 0.3) is 6.08 Å². The van der Waals surface area contributed by atoms with Gasteiger partial charge in [-0.25, -0.2) is 4.79 Å². The molecule has 1 fully saturated rings. The van der Waals surface area contributed by atoms with Crippen LogP contribution in [0.4, 0.5) is 5.69 Å². The van der Waals surface area contributed by atoms with Crippen molar-refractivity contribution in [2.24, 2.45) is 5.41 Å². The van der Waals surface area contributed by atoms with E-state index < -0.39 is 29.4 Å². The van der Waals surface area contributed by atoms with Crippen molar-refractivity contribution in [2.45, 2.75) is 18.0 Å². The fraction of sp³-hybridized carbons (Fsp3) is 0.233. The van der Waals surface area contributed by atoms with E-state index in [9.17, 15) is 14.4 Å². The van der Waals surface area contributed by atoms with Gasteiger partial charge in [-0.1, -0.05) is 60.7 Å². The van der Waals surface area contributed by atoms with Crippen molar-refractivity contribution >= 4 is 29.3 Å². The Bertz CT molecular complexity index is 1460. The Morgan fingerprint density at radius 1 is 0.838 bits per heavy atom. The first kappa shape index (κ1) is 23.0. The zero-order valence-electron chi connectivity index (χ0n) is 20.6. The molecule has 1 saturated heterocycles. The number of hydrogen-bond donors (Lipinski definition) is 0. The third-order valence-electron chi connectivity index (χ3n) is 7.92. The molecule has 0 saturated carbocycles. The van der Waals surface area contributed by atoms with Crippen molar-refractivity contribution in [3.63, 3.8) is 0 Å². The Hall–Kier alpha value is -4.39. The lowest BCUT2D eigenvalue weighted by atomic mass is 9.64. The van der Waals surface area contributed by atoms with E-state index in [0.29, 0.717) is 28.2 Å². The maximum atomic E-state index is 14.4. The summed E-state index contributed by atoms with van der Waals surface area (Å²) in [6.45, 7) is 0. The summed E-state index contributed by atoms with van der Waals surface area (Å²) in [6, 6.07) is 18.2. The summed E-state index contributed by atoms with van der Waals surface area (Å²) in [5.41, 5.74) is 1.44. The van der Waals surface area contributed by atoms with Gasteiger partial charge in [0.2, 0.25) is 0 Å². The number of methoxy groups -OCH3 is 3. The molecule has 7 nitrogen and oxygen atoms in total. The number of ether oxygens (including phenoxy) is 3. The number of rotatable bonds is 4. The number of fused-ring (bicyclic) bond motifs is 5. The molecule has 0 N–H and O–H groups in total. The van der Waals surface area contributed by atoms with Gasteiger partial charge in [0, 0.05) is 22.7 Å². The summed E-state index contributed by atoms with van der Waals surface area (Å²) in [7, 11) is 4.38. The molecule has 1 aliphatic carbocycles. The van der Waals surface area contributed by atoms with Gasteiger partial charge in [0.05, 0.1) is 27.4 Å². The van der Waals surface area contributed by atoms with Crippen LogP contribution in [0.1, 0.15) is 37.8 Å². The van der Waals surface area contributed by atoms with Gasteiger partial charge in [0.1, 0.15) is 11.5 Å². The maximum absolute atomic E-state index is 14.4. The van der Waals surface area contributed by atoms with E-state index >= 15 is 0 Å². The fourth-order valence-corrected chi connectivity index (χ4v) is 6.43. The first-order valence-corrected chi connectivity index (χ1v) is 12.0. The molecule has 7 heteroatoms. The molecular formula is C30H25NO6. The van der Waals surface area contributed by atoms with Crippen molar-refractivity contribution in [1.29, 1.82) is 0 Å². The number of Topliss-reactive ketones (excluding diaryl/α,β-unsaturated/α-hetero) is 2. The molecule has 2 heterocycles. The van der Waals surface area contributed by atoms with Gasteiger partial charge in [-0.2, -0.15) is 0 Å². The Morgan fingerprint density at radius 3 is 2.14 bits per heavy atom. The van der Waals surface area contributed by atoms with Crippen LogP contribution < -0.4 is 14.4 Å². The largest absolute Gasteiger partial charge is 0.493 e. The number of nitrogens with zero attached hydrogens (tertiary/aromatic N) is 1. The highest BCUT2D eigenvalue weighted by atomic mass is 16.5. The smallest absolute Gasteiger partial charge is 0.329 e. The lowest BCUT2D eigenvalue weighted by Crippen LogP contribution is -2.48. The van der Waals surface area contributed by atoms with Gasteiger partial charge in [0.15, 0.2) is 23.1 Å². The summed E-state index contributed by atoms with van der Waals surface area (Å²) in [4.78, 5) is 44.3. The summed E-state index contributed by atoms with van der Waals surface area (Å²) >= 11 is 0. The molecule has 0 bridgehead atoms. The predicted molar refractivity (Wildman–Crippen MR) is 137 cm³/mol. The lowest BCUT2D eigenvalue weighted by molar-refractivity contribution is -0.142. The van der Waals surface area contributed by atoms with E-state index in [2.05, 4.69) is 0 Å². The Morgan fingerprint density at radius 2 is 1.49 bits per heavy atom. The highest BCUT2D eigenvalue weighted by molar-refractivity contribution is 6.32. The summed E-state index contributed by atoms with van der Waals surface area (Å²) in [5, 5.41) is 0. The summed E-state index contributed by atoms with van der Waals surface area (Å²) in [5.74, 6) is -1.02. The van der Waals surface area contributed by atoms with Crippen molar-refractivity contribution < 1.29 is 28.6 Å². The number of anilines is 1. The quantitative estimate of drug-likeness (QED) is 0.394. The first-order valence-electron chi connectivity index (χ1n) is 12.0. The standard InChI is InChI=1S/C30H25NO6/c1-35-22-14-12-18(16-23(22)36-2)25-26(29(34)37-3)31-21-11-7-4-8-17(21)13-15-24(31)30(25)27(32)19-9-5-6-10-20(19)28(30)33/h4-16,24-26H,1-3H3/t24-,25-,26+/m0/s1. The van der Waals surface area contributed by atoms with Crippen LogP contribution in [0.5, 0.6) is 11.5 Å². The number of benzene rings is 3. The van der Waals surface area contributed by atoms with E-state index in [0.717, 1.165) is 11.3 Å². The van der Waals surface area contributed by atoms with Gasteiger partial charge >= 0.3 is 5.97 Å². The number of carbonyl (C=O) groups excluding carboxylic acids is 3. The minimum absolute atomic E-state index is 0.293. The van der Waals surface area contributed by atoms with Gasteiger partial charge in [0.25, 0.3) is 0 Å². The van der Waals surface area contributed by atoms with Crippen LogP contribution in [0.15, 0.2) is 72.8 Å². The molecule has 0 unspecified atom stereocenters. The van der Waals surface area contributed by atoms with E-state index in [-0.39, 0.29) is 11.6 Å². The maximum Gasteiger partial charge on any atom is 0.329 e. The Balaban J connectivity index is 1.68. The number of carbonyl (C=O) groups is 3. The molecule has 1 spiro atoms. The highest BCUT2D eigenvalue weighted by Gasteiger charge is 2.72. The molecule has 3 atom stereocenters. The Kier molecular flexibility index (Phi) is 5.19. The van der Waals surface area contributed by atoms with Crippen molar-refractivity contribution in [3.05, 3.63) is 95.1 Å². The molecule has 0 aromatic heterocycles. The second-order valence-corrected chi connectivity index (χ2v) is 9.40. The molecule has 3 aliphatic rings. The summed E-state index contributed by atoms with van der Waals surface area (Å²) in [6.07, 6.45) is 3.80. The SMILES string of the molecule is COC(=O)[C@H]1[C@H](c2ccc(OC)c(OC)c2)C2(C(=O)c3ccccc3C2=O)[C@@H]2C=Cc3ccccc3N21. The molecule has 3 aromatic carbocycles. The van der Waals surface area contributed by atoms with Gasteiger partial charge in [-0.3, -0.25) is 9.59 Å². The van der Waals surface area contributed by atoms with E-state index in [1.807, 2.05) is 41.3 Å². The zero-order valence-corrected chi connectivity index (χ0v) is 20.6. The molecule has 3 aromatic rings. The number of hydrogen-bond acceptors (Lipinski definition) is 7. The molecule has 6 rings (SSSR count). The van der Waals surface area contributed by atoms with E-state index in [1.165, 1.54) is 21.3 Å². The molecule has 186 valence electrons. The van der Waals surface area contributed by atoms with E-state index in [4.69, 9.17) is 14.2 Å². The van der Waals surface area contributed by atoms with Crippen molar-refractivity contribution in [2.75, 3.05) is 26.2 Å². The third-order valence-corrected chi connectivity index (χ3v) is 7.92. The highest BCUT2D eigenvalue weighted by Crippen LogP contribution is 2.61. The molecule has 0 amide bonds. The fourth-order valence-electron chi connectivity index (χ4n) is 6.43. The molecule has 2 aliphatic heterocycles. The minimum atomic E-state index is -1.58. The van der Waals surface area contributed by atoms with Crippen LogP contribution in [-0.4, -0.2) is 50.9 Å². The van der Waals surface area contributed by atoms with Crippen LogP contribution in [0.2, 0.25) is 0 Å². The lowest BCUT2D eigenvalue weighted by Gasteiger charge is -2.36. The van der Waals surface area contributed by atoms with Crippen LogP contribution >= 0.6 is 0 Å². The van der Waals surface area contributed by atoms with Crippen molar-refractivity contribution in [1.82, 2.24) is 0 Å². The minimum Gasteiger partial charge on any atom is -0.493 e. The van der Waals surface area contributed by atoms with E-state index in [1.54, 1.807) is 42.5 Å². The van der Waals surface area contributed by atoms with Crippen LogP contribution in [0, 0.1) is 5.41 Å². The van der Waals surface area contributed by atoms with Gasteiger partial charge in [-0.15, -0.1) is 0 Å². The number of ketones is 2. The molecule has 37 heavy (non-hydrogen) atoms. The Labute approximate surface area is 214 Å². The third kappa shape index (κ3) is 2.91. The topological polar surface area (TPSA) is 82.1 Å². The second kappa shape index (κ2) is 8.34. The van der Waals surface area contributed by atoms with Gasteiger partial charge in [-0.05, 0) is 29.3 Å². The number of esters is 1. The monoisotopic (exact) mass is 495 g/mol. The molecule has 0 radical (unpaired) electrons. The average molecular weight is 496 g/mol. The average Bonchev–Trinajstić information content (AvgIpc) is 3.38.